The summed E-state index contributed by atoms with van der Waals surface area (Å²) in [6.07, 6.45) is 5.11. The Kier molecular flexibility index (Phi) is 11.1. The first-order valence-electron chi connectivity index (χ1n) is 20.6. The third-order valence-electron chi connectivity index (χ3n) is 13.5. The normalized spacial score (nSPS) is 24.6. The molecule has 5 aliphatic rings. The number of nitrogens with zero attached hydrogens (tertiary/aromatic N) is 4. The van der Waals surface area contributed by atoms with Crippen molar-refractivity contribution in [1.82, 2.24) is 20.0 Å². The molecule has 312 valence electrons. The van der Waals surface area contributed by atoms with Crippen LogP contribution in [0.5, 0.6) is 0 Å². The predicted octanol–water partition coefficient (Wildman–Crippen LogP) is 5.27. The lowest BCUT2D eigenvalue weighted by Crippen LogP contribution is -2.65. The molecule has 4 aliphatic heterocycles. The van der Waals surface area contributed by atoms with Gasteiger partial charge in [0, 0.05) is 35.8 Å². The van der Waals surface area contributed by atoms with Gasteiger partial charge in [-0.3, -0.25) is 9.69 Å². The summed E-state index contributed by atoms with van der Waals surface area (Å²) in [5, 5.41) is 13.1. The van der Waals surface area contributed by atoms with Crippen molar-refractivity contribution >= 4 is 27.5 Å². The van der Waals surface area contributed by atoms with Crippen molar-refractivity contribution in [3.8, 4) is 0 Å². The number of alkyl carbamates (subject to hydrolysis) is 1. The Hall–Kier alpha value is -4.11. The molecule has 2 amide bonds. The number of hydrogen-bond donors (Lipinski definition) is 2. The van der Waals surface area contributed by atoms with E-state index in [1.165, 1.54) is 54.5 Å². The molecule has 58 heavy (non-hydrogen) atoms. The topological polar surface area (TPSA) is 123 Å². The number of methoxy groups -OCH3 is 1. The highest BCUT2D eigenvalue weighted by Gasteiger charge is 2.54. The van der Waals surface area contributed by atoms with Crippen LogP contribution in [0.15, 0.2) is 82.6 Å². The molecule has 1 saturated carbocycles. The van der Waals surface area contributed by atoms with E-state index >= 15 is 8.78 Å². The fourth-order valence-electron chi connectivity index (χ4n) is 10.5. The van der Waals surface area contributed by atoms with Gasteiger partial charge in [0.25, 0.3) is 5.91 Å². The smallest absolute Gasteiger partial charge is 0.407 e. The average Bonchev–Trinajstić information content (AvgIpc) is 3.64. The highest BCUT2D eigenvalue weighted by Crippen LogP contribution is 2.52. The Morgan fingerprint density at radius 1 is 0.879 bits per heavy atom. The van der Waals surface area contributed by atoms with Crippen LogP contribution in [-0.4, -0.2) is 130 Å². The number of ether oxygens (including phenoxy) is 1. The van der Waals surface area contributed by atoms with Gasteiger partial charge < -0.3 is 29.9 Å². The number of aliphatic hydroxyl groups is 1. The number of alkyl halides is 1. The van der Waals surface area contributed by atoms with Crippen molar-refractivity contribution in [2.75, 3.05) is 77.5 Å². The van der Waals surface area contributed by atoms with Crippen LogP contribution in [0, 0.1) is 17.7 Å². The highest BCUT2D eigenvalue weighted by molar-refractivity contribution is 7.91. The molecule has 8 rings (SSSR count). The van der Waals surface area contributed by atoms with Gasteiger partial charge in [-0.15, -0.1) is 0 Å². The van der Waals surface area contributed by atoms with Gasteiger partial charge in [-0.1, -0.05) is 18.6 Å². The van der Waals surface area contributed by atoms with Gasteiger partial charge in [-0.05, 0) is 143 Å². The van der Waals surface area contributed by atoms with E-state index in [1.807, 2.05) is 4.90 Å². The summed E-state index contributed by atoms with van der Waals surface area (Å²) in [6, 6.07) is 19.3. The summed E-state index contributed by atoms with van der Waals surface area (Å²) in [7, 11) is -2.47. The van der Waals surface area contributed by atoms with Crippen molar-refractivity contribution in [1.29, 1.82) is 0 Å². The Morgan fingerprint density at radius 2 is 1.53 bits per heavy atom. The largest absolute Gasteiger partial charge is 0.453 e. The molecule has 2 N–H and O–H groups in total. The minimum Gasteiger partial charge on any atom is -0.453 e. The number of likely N-dealkylation sites (tertiary alicyclic amines) is 3. The number of amides is 2. The Bertz CT molecular complexity index is 2080. The number of sulfone groups is 1. The molecule has 3 atom stereocenters. The number of carbonyl (C=O) groups excluding carboxylic acids is 2. The lowest BCUT2D eigenvalue weighted by atomic mass is 9.57. The summed E-state index contributed by atoms with van der Waals surface area (Å²) in [4.78, 5) is 33.5. The molecule has 11 nitrogen and oxygen atoms in total. The molecule has 1 aliphatic carbocycles. The monoisotopic (exact) mass is 819 g/mol. The van der Waals surface area contributed by atoms with Crippen molar-refractivity contribution < 1.29 is 36.6 Å². The fraction of sp³-hybridized carbons (Fsp3) is 0.545. The highest BCUT2D eigenvalue weighted by atomic mass is 32.2. The van der Waals surface area contributed by atoms with E-state index < -0.39 is 32.6 Å². The van der Waals surface area contributed by atoms with Crippen LogP contribution >= 0.6 is 0 Å². The van der Waals surface area contributed by atoms with E-state index in [1.54, 1.807) is 31.2 Å². The molecule has 1 unspecified atom stereocenters. The van der Waals surface area contributed by atoms with Gasteiger partial charge in [0.15, 0.2) is 5.67 Å². The van der Waals surface area contributed by atoms with Gasteiger partial charge in [-0.25, -0.2) is 22.0 Å². The molecule has 14 heteroatoms. The maximum atomic E-state index is 16.3. The Morgan fingerprint density at radius 3 is 2.12 bits per heavy atom. The van der Waals surface area contributed by atoms with Gasteiger partial charge in [0.05, 0.1) is 48.7 Å². The van der Waals surface area contributed by atoms with Gasteiger partial charge >= 0.3 is 6.09 Å². The van der Waals surface area contributed by atoms with E-state index in [0.717, 1.165) is 82.5 Å². The van der Waals surface area contributed by atoms with Gasteiger partial charge in [-0.2, -0.15) is 0 Å². The zero-order valence-corrected chi connectivity index (χ0v) is 34.2. The number of carbonyl (C=O) groups is 2. The second-order valence-electron chi connectivity index (χ2n) is 17.7. The molecular formula is C44H55F2N5O6S. The minimum atomic E-state index is -3.85. The number of nitrogens with one attached hydrogen (secondary N) is 1. The molecule has 0 aromatic heterocycles. The summed E-state index contributed by atoms with van der Waals surface area (Å²) in [6.45, 7) is 7.07. The number of hydrogen-bond acceptors (Lipinski definition) is 9. The molecule has 4 saturated heterocycles. The van der Waals surface area contributed by atoms with Crippen LogP contribution in [0.2, 0.25) is 0 Å². The minimum absolute atomic E-state index is 0.0672. The first-order valence-corrected chi connectivity index (χ1v) is 22.1. The molecule has 4 heterocycles. The summed E-state index contributed by atoms with van der Waals surface area (Å²) >= 11 is 0. The lowest BCUT2D eigenvalue weighted by molar-refractivity contribution is -0.0668. The van der Waals surface area contributed by atoms with Crippen molar-refractivity contribution in [3.63, 3.8) is 0 Å². The van der Waals surface area contributed by atoms with E-state index in [0.29, 0.717) is 12.1 Å². The van der Waals surface area contributed by atoms with Crippen LogP contribution in [-0.2, 0) is 20.0 Å². The van der Waals surface area contributed by atoms with Crippen LogP contribution in [0.4, 0.5) is 19.3 Å². The predicted molar refractivity (Wildman–Crippen MR) is 216 cm³/mol. The number of halogens is 2. The molecule has 0 bridgehead atoms. The SMILES string of the molecule is COC(=O)N[C@H]1CCC[C@@H]1C(CN1CCC1)(c1cccc(F)c1)C1CCN(CC2(F)CN(c3ccc(S(=O)(=O)c4ccc(C(=O)N5CC(C)(O)C5)cc4)cc3)C2)CC1. The van der Waals surface area contributed by atoms with Crippen molar-refractivity contribution in [2.45, 2.75) is 78.0 Å². The zero-order valence-electron chi connectivity index (χ0n) is 33.4. The number of rotatable bonds is 12. The fourth-order valence-corrected chi connectivity index (χ4v) is 11.8. The number of anilines is 1. The van der Waals surface area contributed by atoms with Crippen LogP contribution < -0.4 is 10.2 Å². The molecule has 5 fully saturated rings. The second-order valence-corrected chi connectivity index (χ2v) is 19.6. The Labute approximate surface area is 340 Å². The van der Waals surface area contributed by atoms with Crippen LogP contribution in [0.1, 0.15) is 61.4 Å². The third-order valence-corrected chi connectivity index (χ3v) is 15.3. The molecule has 0 spiro atoms. The lowest BCUT2D eigenvalue weighted by Gasteiger charge is -2.54. The maximum absolute atomic E-state index is 16.3. The van der Waals surface area contributed by atoms with Crippen molar-refractivity contribution in [3.05, 3.63) is 89.7 Å². The third kappa shape index (κ3) is 7.97. The molecular weight excluding hydrogens is 765 g/mol. The van der Waals surface area contributed by atoms with Crippen molar-refractivity contribution in [2.24, 2.45) is 11.8 Å². The number of β-amino-alcohol motifs (C(OH)–C–C–N with tert-alkyl or cyclic N) is 1. The quantitative estimate of drug-likeness (QED) is 0.252. The Balaban J connectivity index is 0.901. The first kappa shape index (κ1) is 40.7. The maximum Gasteiger partial charge on any atom is 0.407 e. The van der Waals surface area contributed by atoms with Crippen LogP contribution in [0.3, 0.4) is 0 Å². The molecule has 3 aromatic carbocycles. The summed E-state index contributed by atoms with van der Waals surface area (Å²) in [5.74, 6) is -0.203. The molecule has 0 radical (unpaired) electrons. The van der Waals surface area contributed by atoms with E-state index in [9.17, 15) is 23.1 Å². The van der Waals surface area contributed by atoms with E-state index in [2.05, 4.69) is 21.2 Å². The number of piperidine rings is 1. The van der Waals surface area contributed by atoms with Gasteiger partial charge in [0.2, 0.25) is 9.84 Å². The van der Waals surface area contributed by atoms with E-state index in [-0.39, 0.29) is 65.6 Å². The van der Waals surface area contributed by atoms with Gasteiger partial charge in [0.1, 0.15) is 5.82 Å². The first-order chi connectivity index (χ1) is 27.7. The zero-order chi connectivity index (χ0) is 40.9. The average molecular weight is 820 g/mol. The molecule has 3 aromatic rings. The standard InChI is InChI=1S/C44H55F2N5O6S/c1-42(54)25-51(26-42)40(52)31-10-14-36(15-11-31)58(55,56)37-16-12-35(13-17-37)50-28-43(46,29-50)27-49-22-18-32(19-23-49)44(30-48-20-5-21-48,33-6-3-7-34(45)24-33)38-8-4-9-39(38)47-41(53)57-2/h3,6-7,10-17,24,32,38-39,54H,4-5,8-9,18-23,25-30H2,1-2H3,(H,47,53)/t38-,39-,44?/m0/s1. The van der Waals surface area contributed by atoms with E-state index in [4.69, 9.17) is 4.74 Å². The second kappa shape index (κ2) is 15.8. The number of benzene rings is 3. The van der Waals surface area contributed by atoms with Crippen LogP contribution in [0.25, 0.3) is 0 Å². The summed E-state index contributed by atoms with van der Waals surface area (Å²) in [5.41, 5.74) is -0.617. The summed E-state index contributed by atoms with van der Waals surface area (Å²) < 4.78 is 63.2.